The van der Waals surface area contributed by atoms with Crippen LogP contribution in [0.15, 0.2) is 67.1 Å². The molecule has 0 bridgehead atoms. The normalized spacial score (nSPS) is 18.0. The van der Waals surface area contributed by atoms with E-state index >= 15 is 13.2 Å². The van der Waals surface area contributed by atoms with Gasteiger partial charge in [-0.15, -0.1) is 0 Å². The zero-order chi connectivity index (χ0) is 46.2. The van der Waals surface area contributed by atoms with Crippen LogP contribution in [-0.2, 0) is 24.6 Å². The third kappa shape index (κ3) is 9.48. The van der Waals surface area contributed by atoms with Crippen molar-refractivity contribution < 1.29 is 45.9 Å². The molecule has 0 aliphatic carbocycles. The Hall–Kier alpha value is -6.58. The molecular formula is C44H47F3N10O7S. The Morgan fingerprint density at radius 2 is 1.63 bits per heavy atom. The molecule has 5 aromatic rings. The minimum absolute atomic E-state index is 0.0432. The minimum atomic E-state index is -4.16. The fourth-order valence-corrected chi connectivity index (χ4v) is 9.16. The number of ketones is 1. The number of benzene rings is 2. The Labute approximate surface area is 372 Å². The number of rotatable bonds is 13. The van der Waals surface area contributed by atoms with Crippen LogP contribution < -0.4 is 25.2 Å². The second-order valence-electron chi connectivity index (χ2n) is 16.4. The van der Waals surface area contributed by atoms with Crippen LogP contribution in [0.25, 0.3) is 22.2 Å². The first-order chi connectivity index (χ1) is 31.0. The second-order valence-corrected chi connectivity index (χ2v) is 18.2. The number of aromatic amines is 1. The number of carbonyl (C=O) groups is 4. The quantitative estimate of drug-likeness (QED) is 0.0833. The Kier molecular flexibility index (Phi) is 12.5. The van der Waals surface area contributed by atoms with Crippen LogP contribution in [0.5, 0.6) is 0 Å². The largest absolute Gasteiger partial charge is 0.389 e. The number of nitrogens with zero attached hydrogens (tertiary/aromatic N) is 6. The van der Waals surface area contributed by atoms with E-state index in [1.165, 1.54) is 19.3 Å². The molecular weight excluding hydrogens is 870 g/mol. The van der Waals surface area contributed by atoms with Crippen LogP contribution in [-0.4, -0.2) is 126 Å². The molecule has 3 amide bonds. The molecule has 0 saturated carbocycles. The molecule has 21 heteroatoms. The van der Waals surface area contributed by atoms with Gasteiger partial charge in [-0.1, -0.05) is 6.92 Å². The standard InChI is InChI=1S/C44H47F3N10O7S/c1-3-54(2)65(63,64)53-34-8-6-31(45)39(40(34)47)41(60)30-25-50-42-29(30)20-27(24-49-42)26-4-10-36(48-23-26)56-16-18-57(19-17-56)38(59)22-44(62)12-14-55(15-13-44)28-5-7-33(32(46)21-28)51-35-9-11-37(58)52-43(35)61/h4-8,10,20-21,23-25,35,51,53,62H,3,9,11-19,22H2,1-2H3,(H,49,50)(H,52,58,61). The van der Waals surface area contributed by atoms with E-state index in [0.29, 0.717) is 74.7 Å². The summed E-state index contributed by atoms with van der Waals surface area (Å²) in [7, 11) is -2.88. The van der Waals surface area contributed by atoms with Crippen LogP contribution in [0.3, 0.4) is 0 Å². The smallest absolute Gasteiger partial charge is 0.301 e. The van der Waals surface area contributed by atoms with Crippen LogP contribution >= 0.6 is 0 Å². The summed E-state index contributed by atoms with van der Waals surface area (Å²) in [5, 5.41) is 16.8. The maximum Gasteiger partial charge on any atom is 0.301 e. The highest BCUT2D eigenvalue weighted by molar-refractivity contribution is 7.90. The first-order valence-corrected chi connectivity index (χ1v) is 22.6. The third-order valence-electron chi connectivity index (χ3n) is 12.3. The molecule has 65 heavy (non-hydrogen) atoms. The van der Waals surface area contributed by atoms with E-state index in [1.807, 2.05) is 21.9 Å². The number of halogens is 3. The highest BCUT2D eigenvalue weighted by atomic mass is 32.2. The van der Waals surface area contributed by atoms with Crippen LogP contribution in [0.2, 0.25) is 0 Å². The summed E-state index contributed by atoms with van der Waals surface area (Å²) in [5.74, 6) is -4.42. The lowest BCUT2D eigenvalue weighted by molar-refractivity contribution is -0.138. The molecule has 0 spiro atoms. The van der Waals surface area contributed by atoms with Crippen LogP contribution in [0.4, 0.5) is 36.1 Å². The predicted molar refractivity (Wildman–Crippen MR) is 236 cm³/mol. The number of anilines is 4. The number of fused-ring (bicyclic) bond motifs is 1. The zero-order valence-corrected chi connectivity index (χ0v) is 36.4. The molecule has 3 saturated heterocycles. The minimum Gasteiger partial charge on any atom is -0.389 e. The van der Waals surface area contributed by atoms with Crippen molar-refractivity contribution >= 4 is 67.6 Å². The van der Waals surface area contributed by atoms with Crippen molar-refractivity contribution in [3.63, 3.8) is 0 Å². The van der Waals surface area contributed by atoms with Crippen molar-refractivity contribution in [3.05, 3.63) is 95.7 Å². The van der Waals surface area contributed by atoms with E-state index in [1.54, 1.807) is 42.4 Å². The summed E-state index contributed by atoms with van der Waals surface area (Å²) in [6.07, 6.45) is 5.51. The highest BCUT2D eigenvalue weighted by Gasteiger charge is 2.37. The molecule has 2 aromatic carbocycles. The lowest BCUT2D eigenvalue weighted by Gasteiger charge is -2.41. The van der Waals surface area contributed by atoms with Crippen molar-refractivity contribution in [3.8, 4) is 11.1 Å². The Morgan fingerprint density at radius 1 is 0.908 bits per heavy atom. The number of hydrogen-bond acceptors (Lipinski definition) is 12. The lowest BCUT2D eigenvalue weighted by atomic mass is 9.87. The zero-order valence-electron chi connectivity index (χ0n) is 35.5. The molecule has 1 atom stereocenters. The number of piperazine rings is 1. The summed E-state index contributed by atoms with van der Waals surface area (Å²) in [6, 6.07) is 11.0. The molecule has 3 fully saturated rings. The van der Waals surface area contributed by atoms with Crippen molar-refractivity contribution in [1.29, 1.82) is 0 Å². The number of H-pyrrole nitrogens is 1. The van der Waals surface area contributed by atoms with Gasteiger partial charge in [0, 0.05) is 106 Å². The van der Waals surface area contributed by atoms with Gasteiger partial charge in [-0.05, 0) is 67.8 Å². The van der Waals surface area contributed by atoms with Crippen molar-refractivity contribution in [2.75, 3.05) is 72.7 Å². The summed E-state index contributed by atoms with van der Waals surface area (Å²) in [5.41, 5.74) is -0.530. The van der Waals surface area contributed by atoms with Gasteiger partial charge < -0.3 is 30.1 Å². The summed E-state index contributed by atoms with van der Waals surface area (Å²) < 4.78 is 73.8. The Balaban J connectivity index is 0.850. The van der Waals surface area contributed by atoms with Gasteiger partial charge in [-0.25, -0.2) is 23.1 Å². The average Bonchev–Trinajstić information content (AvgIpc) is 3.72. The van der Waals surface area contributed by atoms with E-state index in [9.17, 15) is 32.7 Å². The van der Waals surface area contributed by atoms with Gasteiger partial charge in [-0.3, -0.25) is 29.2 Å². The number of piperidine rings is 2. The first-order valence-electron chi connectivity index (χ1n) is 21.1. The number of aromatic nitrogens is 3. The van der Waals surface area contributed by atoms with Gasteiger partial charge >= 0.3 is 10.2 Å². The highest BCUT2D eigenvalue weighted by Crippen LogP contribution is 2.33. The first kappa shape index (κ1) is 45.0. The van der Waals surface area contributed by atoms with E-state index in [0.717, 1.165) is 16.4 Å². The molecule has 17 nitrogen and oxygen atoms in total. The Bertz CT molecular complexity index is 2780. The third-order valence-corrected chi connectivity index (χ3v) is 13.8. The van der Waals surface area contributed by atoms with Gasteiger partial charge in [-0.2, -0.15) is 12.7 Å². The molecule has 6 heterocycles. The molecule has 1 unspecified atom stereocenters. The number of carbonyl (C=O) groups excluding carboxylic acids is 4. The molecule has 342 valence electrons. The summed E-state index contributed by atoms with van der Waals surface area (Å²) in [4.78, 5) is 68.2. The molecule has 3 aliphatic heterocycles. The van der Waals surface area contributed by atoms with E-state index in [4.69, 9.17) is 0 Å². The SMILES string of the molecule is CCN(C)S(=O)(=O)Nc1ccc(F)c(C(=O)c2c[nH]c3ncc(-c4ccc(N5CCN(C(=O)CC6(O)CCN(c7ccc(NC8CCC(=O)NC8=O)c(F)c7)CC6)CC5)nc4)cc23)c1F. The molecule has 3 aliphatic rings. The number of imide groups is 1. The molecule has 5 N–H and O–H groups in total. The maximum atomic E-state index is 15.6. The Morgan fingerprint density at radius 3 is 2.31 bits per heavy atom. The van der Waals surface area contributed by atoms with E-state index < -0.39 is 62.2 Å². The molecule has 0 radical (unpaired) electrons. The topological polar surface area (TPSA) is 213 Å². The van der Waals surface area contributed by atoms with Gasteiger partial charge in [0.15, 0.2) is 5.82 Å². The second kappa shape index (κ2) is 18.1. The van der Waals surface area contributed by atoms with E-state index in [2.05, 4.69) is 30.3 Å². The van der Waals surface area contributed by atoms with Crippen molar-refractivity contribution in [2.45, 2.75) is 50.7 Å². The van der Waals surface area contributed by atoms with E-state index in [-0.39, 0.29) is 59.9 Å². The summed E-state index contributed by atoms with van der Waals surface area (Å²) >= 11 is 0. The van der Waals surface area contributed by atoms with Crippen molar-refractivity contribution in [2.24, 2.45) is 0 Å². The number of nitrogens with one attached hydrogen (secondary N) is 4. The molecule has 8 rings (SSSR count). The average molecular weight is 917 g/mol. The number of hydrogen-bond donors (Lipinski definition) is 5. The monoisotopic (exact) mass is 916 g/mol. The molecule has 3 aromatic heterocycles. The van der Waals surface area contributed by atoms with Crippen LogP contribution in [0.1, 0.15) is 54.9 Å². The van der Waals surface area contributed by atoms with Gasteiger partial charge in [0.2, 0.25) is 23.5 Å². The van der Waals surface area contributed by atoms with Gasteiger partial charge in [0.05, 0.1) is 29.0 Å². The summed E-state index contributed by atoms with van der Waals surface area (Å²) in [6.45, 7) is 4.32. The van der Waals surface area contributed by atoms with Crippen LogP contribution in [0, 0.1) is 17.5 Å². The number of amides is 3. The van der Waals surface area contributed by atoms with Crippen molar-refractivity contribution in [1.82, 2.24) is 29.5 Å². The lowest BCUT2D eigenvalue weighted by Crippen LogP contribution is -2.52. The predicted octanol–water partition coefficient (Wildman–Crippen LogP) is 4.17. The number of aliphatic hydroxyl groups is 1. The van der Waals surface area contributed by atoms with Gasteiger partial charge in [0.1, 0.15) is 29.1 Å². The fraction of sp³-hybridized carbons (Fsp3) is 0.364. The number of pyridine rings is 2. The van der Waals surface area contributed by atoms with Gasteiger partial charge in [0.25, 0.3) is 0 Å². The fourth-order valence-electron chi connectivity index (χ4n) is 8.23. The maximum absolute atomic E-state index is 15.6.